The Morgan fingerprint density at radius 1 is 1.14 bits per heavy atom. The number of amides is 3. The number of carbonyl (C=O) groups is 2. The van der Waals surface area contributed by atoms with Crippen LogP contribution in [0.2, 0.25) is 0 Å². The number of ether oxygens (including phenoxy) is 2. The summed E-state index contributed by atoms with van der Waals surface area (Å²) < 4.78 is 11.3. The Labute approximate surface area is 124 Å². The molecule has 118 valence electrons. The quantitative estimate of drug-likeness (QED) is 0.732. The van der Waals surface area contributed by atoms with E-state index in [1.807, 2.05) is 0 Å². The standard InChI is InChI=1S/C14H23N3O4/c18-12-10-15-14(19)17(12)7-3-6-16-5-2-1-4-11(16)13-20-8-9-21-13/h11,13H,1-10H2,(H,15,19). The second-order valence-corrected chi connectivity index (χ2v) is 5.77. The summed E-state index contributed by atoms with van der Waals surface area (Å²) in [5, 5.41) is 2.55. The smallest absolute Gasteiger partial charge is 0.324 e. The molecule has 0 aromatic carbocycles. The number of carbonyl (C=O) groups excluding carboxylic acids is 2. The van der Waals surface area contributed by atoms with E-state index in [-0.39, 0.29) is 24.8 Å². The maximum Gasteiger partial charge on any atom is 0.324 e. The van der Waals surface area contributed by atoms with Crippen LogP contribution < -0.4 is 5.32 Å². The van der Waals surface area contributed by atoms with Crippen LogP contribution >= 0.6 is 0 Å². The topological polar surface area (TPSA) is 71.1 Å². The number of nitrogens with zero attached hydrogens (tertiary/aromatic N) is 2. The molecule has 0 aromatic rings. The first-order chi connectivity index (χ1) is 10.3. The molecule has 3 aliphatic rings. The minimum Gasteiger partial charge on any atom is -0.349 e. The first kappa shape index (κ1) is 14.7. The van der Waals surface area contributed by atoms with Crippen LogP contribution in [-0.4, -0.2) is 73.5 Å². The Morgan fingerprint density at radius 3 is 2.67 bits per heavy atom. The lowest BCUT2D eigenvalue weighted by atomic mass is 10.0. The number of hydrogen-bond donors (Lipinski definition) is 1. The van der Waals surface area contributed by atoms with Gasteiger partial charge in [0.2, 0.25) is 5.91 Å². The molecule has 0 aromatic heterocycles. The molecule has 3 saturated heterocycles. The number of urea groups is 1. The zero-order valence-electron chi connectivity index (χ0n) is 12.3. The van der Waals surface area contributed by atoms with Crippen LogP contribution in [0.15, 0.2) is 0 Å². The van der Waals surface area contributed by atoms with Crippen molar-refractivity contribution in [2.75, 3.05) is 39.4 Å². The van der Waals surface area contributed by atoms with Gasteiger partial charge in [-0.05, 0) is 25.8 Å². The molecule has 0 bridgehead atoms. The summed E-state index contributed by atoms with van der Waals surface area (Å²) >= 11 is 0. The van der Waals surface area contributed by atoms with E-state index in [1.54, 1.807) is 0 Å². The van der Waals surface area contributed by atoms with Gasteiger partial charge in [0.1, 0.15) is 0 Å². The largest absolute Gasteiger partial charge is 0.349 e. The fourth-order valence-electron chi connectivity index (χ4n) is 3.31. The Bertz CT molecular complexity index is 382. The van der Waals surface area contributed by atoms with E-state index in [9.17, 15) is 9.59 Å². The zero-order valence-corrected chi connectivity index (χ0v) is 12.3. The zero-order chi connectivity index (χ0) is 14.7. The summed E-state index contributed by atoms with van der Waals surface area (Å²) in [7, 11) is 0. The molecule has 0 radical (unpaired) electrons. The van der Waals surface area contributed by atoms with Gasteiger partial charge in [-0.2, -0.15) is 0 Å². The molecule has 21 heavy (non-hydrogen) atoms. The highest BCUT2D eigenvalue weighted by Crippen LogP contribution is 2.24. The van der Waals surface area contributed by atoms with Gasteiger partial charge in [-0.15, -0.1) is 0 Å². The van der Waals surface area contributed by atoms with Crippen molar-refractivity contribution >= 4 is 11.9 Å². The van der Waals surface area contributed by atoms with Crippen molar-refractivity contribution in [2.45, 2.75) is 38.0 Å². The van der Waals surface area contributed by atoms with Crippen molar-refractivity contribution in [3.8, 4) is 0 Å². The van der Waals surface area contributed by atoms with Crippen LogP contribution in [0.5, 0.6) is 0 Å². The van der Waals surface area contributed by atoms with Crippen molar-refractivity contribution in [1.82, 2.24) is 15.1 Å². The van der Waals surface area contributed by atoms with E-state index in [0.717, 1.165) is 25.9 Å². The highest BCUT2D eigenvalue weighted by atomic mass is 16.7. The molecule has 3 fully saturated rings. The van der Waals surface area contributed by atoms with Crippen molar-refractivity contribution in [1.29, 1.82) is 0 Å². The van der Waals surface area contributed by atoms with Gasteiger partial charge in [-0.3, -0.25) is 14.6 Å². The minimum absolute atomic E-state index is 0.109. The Hall–Kier alpha value is -1.18. The van der Waals surface area contributed by atoms with E-state index >= 15 is 0 Å². The predicted octanol–water partition coefficient (Wildman–Crippen LogP) is 0.156. The third-order valence-corrected chi connectivity index (χ3v) is 4.39. The van der Waals surface area contributed by atoms with Crippen LogP contribution in [0.25, 0.3) is 0 Å². The molecule has 1 atom stereocenters. The summed E-state index contributed by atoms with van der Waals surface area (Å²) in [6.45, 7) is 3.88. The van der Waals surface area contributed by atoms with Crippen molar-refractivity contribution < 1.29 is 19.1 Å². The third kappa shape index (κ3) is 3.36. The minimum atomic E-state index is -0.266. The fraction of sp³-hybridized carbons (Fsp3) is 0.857. The van der Waals surface area contributed by atoms with E-state index in [4.69, 9.17) is 9.47 Å². The van der Waals surface area contributed by atoms with E-state index < -0.39 is 0 Å². The number of nitrogens with one attached hydrogen (secondary N) is 1. The van der Waals surface area contributed by atoms with Crippen molar-refractivity contribution in [2.24, 2.45) is 0 Å². The van der Waals surface area contributed by atoms with Gasteiger partial charge in [-0.1, -0.05) is 6.42 Å². The Balaban J connectivity index is 1.48. The molecule has 1 unspecified atom stereocenters. The summed E-state index contributed by atoms with van der Waals surface area (Å²) in [6, 6.07) is 0.0435. The molecular weight excluding hydrogens is 274 g/mol. The first-order valence-corrected chi connectivity index (χ1v) is 7.81. The lowest BCUT2D eigenvalue weighted by Crippen LogP contribution is -2.48. The molecule has 7 heteroatoms. The van der Waals surface area contributed by atoms with Gasteiger partial charge in [0.05, 0.1) is 25.8 Å². The van der Waals surface area contributed by atoms with Gasteiger partial charge in [-0.25, -0.2) is 4.79 Å². The summed E-state index contributed by atoms with van der Waals surface area (Å²) in [5.41, 5.74) is 0. The third-order valence-electron chi connectivity index (χ3n) is 4.39. The maximum atomic E-state index is 11.5. The number of imide groups is 1. The van der Waals surface area contributed by atoms with Gasteiger partial charge < -0.3 is 14.8 Å². The van der Waals surface area contributed by atoms with Crippen molar-refractivity contribution in [3.05, 3.63) is 0 Å². The molecule has 0 saturated carbocycles. The van der Waals surface area contributed by atoms with Crippen LogP contribution in [0.3, 0.4) is 0 Å². The second-order valence-electron chi connectivity index (χ2n) is 5.77. The van der Waals surface area contributed by atoms with Crippen molar-refractivity contribution in [3.63, 3.8) is 0 Å². The van der Waals surface area contributed by atoms with Crippen LogP contribution in [0, 0.1) is 0 Å². The molecule has 1 N–H and O–H groups in total. The summed E-state index contributed by atoms with van der Waals surface area (Å²) in [5.74, 6) is -0.127. The molecule has 3 amide bonds. The number of hydrogen-bond acceptors (Lipinski definition) is 5. The van der Waals surface area contributed by atoms with E-state index in [2.05, 4.69) is 10.2 Å². The molecule has 0 spiro atoms. The fourth-order valence-corrected chi connectivity index (χ4v) is 3.31. The van der Waals surface area contributed by atoms with Gasteiger partial charge in [0.25, 0.3) is 0 Å². The normalized spacial score (nSPS) is 28.4. The molecular formula is C14H23N3O4. The van der Waals surface area contributed by atoms with Crippen LogP contribution in [0.4, 0.5) is 4.79 Å². The van der Waals surface area contributed by atoms with Gasteiger partial charge >= 0.3 is 6.03 Å². The average Bonchev–Trinajstić information content (AvgIpc) is 3.13. The Morgan fingerprint density at radius 2 is 1.95 bits per heavy atom. The van der Waals surface area contributed by atoms with Gasteiger partial charge in [0.15, 0.2) is 6.29 Å². The first-order valence-electron chi connectivity index (χ1n) is 7.81. The molecule has 3 rings (SSSR count). The maximum absolute atomic E-state index is 11.5. The highest BCUT2D eigenvalue weighted by molar-refractivity contribution is 6.01. The molecule has 7 nitrogen and oxygen atoms in total. The van der Waals surface area contributed by atoms with E-state index in [0.29, 0.717) is 25.8 Å². The number of piperidine rings is 1. The Kier molecular flexibility index (Phi) is 4.72. The highest BCUT2D eigenvalue weighted by Gasteiger charge is 2.34. The summed E-state index contributed by atoms with van der Waals surface area (Å²) in [6.07, 6.45) is 4.17. The van der Waals surface area contributed by atoms with Crippen LogP contribution in [-0.2, 0) is 14.3 Å². The number of likely N-dealkylation sites (tertiary alicyclic amines) is 1. The van der Waals surface area contributed by atoms with Crippen LogP contribution in [0.1, 0.15) is 25.7 Å². The van der Waals surface area contributed by atoms with E-state index in [1.165, 1.54) is 17.7 Å². The molecule has 3 aliphatic heterocycles. The summed E-state index contributed by atoms with van der Waals surface area (Å²) in [4.78, 5) is 26.7. The lowest BCUT2D eigenvalue weighted by Gasteiger charge is -2.38. The number of rotatable bonds is 5. The second kappa shape index (κ2) is 6.72. The molecule has 3 heterocycles. The average molecular weight is 297 g/mol. The lowest BCUT2D eigenvalue weighted by molar-refractivity contribution is -0.125. The monoisotopic (exact) mass is 297 g/mol. The predicted molar refractivity (Wildman–Crippen MR) is 74.6 cm³/mol. The SMILES string of the molecule is O=C1CNC(=O)N1CCCN1CCCCC1C1OCCO1. The molecule has 0 aliphatic carbocycles. The van der Waals surface area contributed by atoms with Gasteiger partial charge in [0, 0.05) is 13.1 Å².